The molecule has 0 nitrogen and oxygen atoms in total. The van der Waals surface area contributed by atoms with E-state index in [4.69, 9.17) is 0 Å². The van der Waals surface area contributed by atoms with Crippen molar-refractivity contribution in [3.05, 3.63) is 5.92 Å². The van der Waals surface area contributed by atoms with Crippen LogP contribution in [0.4, 0.5) is 0 Å². The maximum absolute atomic E-state index is 1.86. The summed E-state index contributed by atoms with van der Waals surface area (Å²) in [6.07, 6.45) is 7.50. The summed E-state index contributed by atoms with van der Waals surface area (Å²) >= 11 is 0. The summed E-state index contributed by atoms with van der Waals surface area (Å²) in [5.41, 5.74) is 0. The summed E-state index contributed by atoms with van der Waals surface area (Å²) in [7, 11) is 0. The van der Waals surface area contributed by atoms with Crippen molar-refractivity contribution < 1.29 is 24.0 Å². The van der Waals surface area contributed by atoms with Gasteiger partial charge in [0.2, 0.25) is 0 Å². The molecule has 0 amide bonds. The van der Waals surface area contributed by atoms with Crippen molar-refractivity contribution in [1.82, 2.24) is 0 Å². The third kappa shape index (κ3) is 2.22. The zero-order valence-corrected chi connectivity index (χ0v) is 9.27. The maximum atomic E-state index is 1.86. The van der Waals surface area contributed by atoms with E-state index in [0.717, 1.165) is 5.92 Å². The molecule has 0 radical (unpaired) electrons. The number of hydrogen-bond donors (Lipinski definition) is 0. The van der Waals surface area contributed by atoms with Crippen LogP contribution in [0.1, 0.15) is 32.1 Å². The van der Waals surface area contributed by atoms with Gasteiger partial charge in [0.25, 0.3) is 0 Å². The molecule has 2 heteroatoms. The van der Waals surface area contributed by atoms with Crippen LogP contribution < -0.4 is 24.0 Å². The Labute approximate surface area is 90.3 Å². The third-order valence-electron chi connectivity index (χ3n) is 2.30. The maximum Gasteiger partial charge on any atom is 2.00 e. The summed E-state index contributed by atoms with van der Waals surface area (Å²) in [6.45, 7) is 0. The van der Waals surface area contributed by atoms with Crippen molar-refractivity contribution in [3.8, 4) is 0 Å². The van der Waals surface area contributed by atoms with E-state index in [1.165, 1.54) is 32.1 Å². The predicted molar refractivity (Wildman–Crippen MR) is 35.6 cm³/mol. The Bertz CT molecular complexity index is 65.5. The van der Waals surface area contributed by atoms with E-state index in [-0.39, 0.29) is 47.0 Å². The minimum Gasteiger partial charge on any atom is -1.00 e. The van der Waals surface area contributed by atoms with Gasteiger partial charge in [0.05, 0.1) is 0 Å². The Balaban J connectivity index is 0.000000320. The van der Waals surface area contributed by atoms with Gasteiger partial charge in [-0.3, -0.25) is 0 Å². The van der Waals surface area contributed by atoms with Gasteiger partial charge in [-0.1, -0.05) is 18.8 Å². The summed E-state index contributed by atoms with van der Waals surface area (Å²) in [5.74, 6) is 3.00. The summed E-state index contributed by atoms with van der Waals surface area (Å²) in [6, 6.07) is 0. The molecule has 9 heavy (non-hydrogen) atoms. The fourth-order valence-electron chi connectivity index (χ4n) is 1.81. The molecule has 3 aliphatic rings. The van der Waals surface area contributed by atoms with Gasteiger partial charge in [0, 0.05) is 0 Å². The zero-order valence-electron chi connectivity index (χ0n) is 5.70. The summed E-state index contributed by atoms with van der Waals surface area (Å²) in [5, 5.41) is 0. The fraction of sp³-hybridized carbons (Fsp3) is 0.857. The SMILES string of the molecule is C1C[C-]2CC(C1)C2.[I-].[Mg+2]. The molecule has 2 bridgehead atoms. The van der Waals surface area contributed by atoms with Gasteiger partial charge >= 0.3 is 23.1 Å². The fourth-order valence-corrected chi connectivity index (χ4v) is 1.81. The van der Waals surface area contributed by atoms with E-state index in [0.29, 0.717) is 0 Å². The Morgan fingerprint density at radius 1 is 1.22 bits per heavy atom. The molecule has 3 saturated carbocycles. The van der Waals surface area contributed by atoms with E-state index in [9.17, 15) is 0 Å². The molecule has 0 unspecified atom stereocenters. The minimum atomic E-state index is 0. The quantitative estimate of drug-likeness (QED) is 0.285. The molecule has 3 aliphatic carbocycles. The molecular weight excluding hydrogens is 235 g/mol. The molecule has 48 valence electrons. The van der Waals surface area contributed by atoms with Gasteiger partial charge in [-0.25, -0.2) is 0 Å². The monoisotopic (exact) mass is 246 g/mol. The van der Waals surface area contributed by atoms with Crippen LogP contribution in [-0.4, -0.2) is 23.1 Å². The van der Waals surface area contributed by atoms with Crippen LogP contribution in [0.5, 0.6) is 0 Å². The summed E-state index contributed by atoms with van der Waals surface area (Å²) in [4.78, 5) is 0. The number of fused-ring (bicyclic) bond motifs is 2. The van der Waals surface area contributed by atoms with Gasteiger partial charge in [-0.15, -0.1) is 0 Å². The van der Waals surface area contributed by atoms with Crippen molar-refractivity contribution in [2.75, 3.05) is 0 Å². The summed E-state index contributed by atoms with van der Waals surface area (Å²) < 4.78 is 0. The largest absolute Gasteiger partial charge is 2.00 e. The van der Waals surface area contributed by atoms with Gasteiger partial charge in [-0.05, 0) is 0 Å². The second kappa shape index (κ2) is 4.39. The zero-order chi connectivity index (χ0) is 4.69. The van der Waals surface area contributed by atoms with Crippen LogP contribution in [0.25, 0.3) is 0 Å². The Morgan fingerprint density at radius 2 is 1.89 bits per heavy atom. The topological polar surface area (TPSA) is 0 Å². The van der Waals surface area contributed by atoms with E-state index in [1.807, 2.05) is 5.92 Å². The van der Waals surface area contributed by atoms with Crippen molar-refractivity contribution in [3.63, 3.8) is 0 Å². The number of rotatable bonds is 0. The predicted octanol–water partition coefficient (Wildman–Crippen LogP) is -1.22. The van der Waals surface area contributed by atoms with E-state index in [1.54, 1.807) is 0 Å². The van der Waals surface area contributed by atoms with Crippen molar-refractivity contribution in [1.29, 1.82) is 0 Å². The molecule has 3 fully saturated rings. The Hall–Kier alpha value is 1.50. The molecule has 0 aromatic carbocycles. The van der Waals surface area contributed by atoms with Crippen LogP contribution in [-0.2, 0) is 0 Å². The first-order valence-corrected chi connectivity index (χ1v) is 3.29. The van der Waals surface area contributed by atoms with Gasteiger partial charge in [0.15, 0.2) is 0 Å². The molecule has 0 spiro atoms. The van der Waals surface area contributed by atoms with Crippen LogP contribution in [0, 0.1) is 11.8 Å². The molecule has 0 aliphatic heterocycles. The van der Waals surface area contributed by atoms with Crippen molar-refractivity contribution >= 4 is 23.1 Å². The number of halogens is 1. The first-order chi connectivity index (χ1) is 3.45. The molecule has 0 atom stereocenters. The Kier molecular flexibility index (Phi) is 5.12. The first-order valence-electron chi connectivity index (χ1n) is 3.29. The van der Waals surface area contributed by atoms with Gasteiger partial charge < -0.3 is 29.9 Å². The van der Waals surface area contributed by atoms with Crippen molar-refractivity contribution in [2.24, 2.45) is 5.92 Å². The third-order valence-corrected chi connectivity index (χ3v) is 2.30. The van der Waals surface area contributed by atoms with E-state index < -0.39 is 0 Å². The normalized spacial score (nSPS) is 25.3. The van der Waals surface area contributed by atoms with Crippen molar-refractivity contribution in [2.45, 2.75) is 32.1 Å². The van der Waals surface area contributed by atoms with Crippen LogP contribution in [0.3, 0.4) is 0 Å². The molecule has 0 aromatic rings. The average molecular weight is 246 g/mol. The van der Waals surface area contributed by atoms with Crippen LogP contribution >= 0.6 is 0 Å². The molecule has 0 heterocycles. The molecule has 0 saturated heterocycles. The molecule has 0 aromatic heterocycles. The standard InChI is InChI=1S/C7H11.HI.Mg/c1-2-6-4-7(3-1)5-6;;/h6H,1-5H2;1H;/q-1;;+2/p-1. The van der Waals surface area contributed by atoms with Gasteiger partial charge in [0.1, 0.15) is 0 Å². The Morgan fingerprint density at radius 3 is 2.00 bits per heavy atom. The van der Waals surface area contributed by atoms with E-state index >= 15 is 0 Å². The second-order valence-electron chi connectivity index (χ2n) is 2.92. The van der Waals surface area contributed by atoms with Crippen LogP contribution in [0.15, 0.2) is 0 Å². The second-order valence-corrected chi connectivity index (χ2v) is 2.92. The molecule has 3 rings (SSSR count). The van der Waals surface area contributed by atoms with Gasteiger partial charge in [-0.2, -0.15) is 19.3 Å². The van der Waals surface area contributed by atoms with E-state index in [2.05, 4.69) is 0 Å². The number of hydrogen-bond acceptors (Lipinski definition) is 0. The molecular formula is C7H11IMg. The minimum absolute atomic E-state index is 0. The first kappa shape index (κ1) is 10.5. The molecule has 0 N–H and O–H groups in total. The smallest absolute Gasteiger partial charge is 1.00 e. The average Bonchev–Trinajstić information content (AvgIpc) is 1.67. The van der Waals surface area contributed by atoms with Crippen LogP contribution in [0.2, 0.25) is 0 Å².